The first-order valence-corrected chi connectivity index (χ1v) is 13.5. The van der Waals surface area contributed by atoms with Gasteiger partial charge < -0.3 is 19.5 Å². The average Bonchev–Trinajstić information content (AvgIpc) is 3.44. The molecule has 0 saturated heterocycles. The Labute approximate surface area is 236 Å². The lowest BCUT2D eigenvalue weighted by atomic mass is 9.68. The van der Waals surface area contributed by atoms with E-state index in [1.165, 1.54) is 12.1 Å². The third kappa shape index (κ3) is 5.06. The van der Waals surface area contributed by atoms with Crippen LogP contribution in [0.3, 0.4) is 0 Å². The van der Waals surface area contributed by atoms with E-state index >= 15 is 0 Å². The summed E-state index contributed by atoms with van der Waals surface area (Å²) in [7, 11) is 0. The van der Waals surface area contributed by atoms with Crippen molar-refractivity contribution in [2.45, 2.75) is 31.1 Å². The highest BCUT2D eigenvalue weighted by Gasteiger charge is 2.48. The SMILES string of the molecule is C=C1NC2=C(C(=O)CC(c3ccccc3)C2)C(c2cc3c(cc2[N+](=O)[O-])OCO3)C1C(=O)OCCc1ccccc1. The first kappa shape index (κ1) is 26.3. The average molecular weight is 553 g/mol. The molecule has 1 N–H and O–H groups in total. The van der Waals surface area contributed by atoms with E-state index < -0.39 is 22.7 Å². The van der Waals surface area contributed by atoms with Crippen molar-refractivity contribution in [2.75, 3.05) is 13.4 Å². The molecule has 0 spiro atoms. The van der Waals surface area contributed by atoms with Crippen molar-refractivity contribution in [3.63, 3.8) is 0 Å². The van der Waals surface area contributed by atoms with Crippen molar-refractivity contribution in [3.8, 4) is 11.5 Å². The number of hydrogen-bond donors (Lipinski definition) is 1. The van der Waals surface area contributed by atoms with Crippen molar-refractivity contribution in [1.29, 1.82) is 0 Å². The number of hydrogen-bond acceptors (Lipinski definition) is 8. The molecule has 3 atom stereocenters. The Bertz CT molecular complexity index is 1570. The number of nitrogens with zero attached hydrogens (tertiary/aromatic N) is 1. The van der Waals surface area contributed by atoms with Gasteiger partial charge in [-0.2, -0.15) is 0 Å². The van der Waals surface area contributed by atoms with Gasteiger partial charge in [-0.1, -0.05) is 67.2 Å². The minimum atomic E-state index is -1.07. The van der Waals surface area contributed by atoms with E-state index in [0.29, 0.717) is 35.6 Å². The number of allylic oxidation sites excluding steroid dienone is 2. The van der Waals surface area contributed by atoms with Crippen molar-refractivity contribution in [2.24, 2.45) is 5.92 Å². The summed E-state index contributed by atoms with van der Waals surface area (Å²) in [5, 5.41) is 15.5. The normalized spacial score (nSPS) is 21.2. The molecule has 3 aliphatic rings. The molecule has 0 fully saturated rings. The summed E-state index contributed by atoms with van der Waals surface area (Å²) < 4.78 is 16.6. The molecule has 6 rings (SSSR count). The quantitative estimate of drug-likeness (QED) is 0.238. The summed E-state index contributed by atoms with van der Waals surface area (Å²) in [5.74, 6) is -2.37. The van der Waals surface area contributed by atoms with Gasteiger partial charge in [0.05, 0.1) is 17.6 Å². The number of nitrogens with one attached hydrogen (secondary N) is 1. The van der Waals surface area contributed by atoms with Gasteiger partial charge in [-0.25, -0.2) is 0 Å². The number of fused-ring (bicyclic) bond motifs is 1. The maximum Gasteiger partial charge on any atom is 0.315 e. The van der Waals surface area contributed by atoms with Gasteiger partial charge in [-0.05, 0) is 29.5 Å². The van der Waals surface area contributed by atoms with Crippen molar-refractivity contribution in [3.05, 3.63) is 123 Å². The Morgan fingerprint density at radius 1 is 1.02 bits per heavy atom. The van der Waals surface area contributed by atoms with Crippen LogP contribution in [0.2, 0.25) is 0 Å². The molecule has 41 heavy (non-hydrogen) atoms. The van der Waals surface area contributed by atoms with E-state index in [9.17, 15) is 19.7 Å². The van der Waals surface area contributed by atoms with Crippen LogP contribution in [0, 0.1) is 16.0 Å². The van der Waals surface area contributed by atoms with Crippen LogP contribution in [-0.2, 0) is 20.7 Å². The van der Waals surface area contributed by atoms with E-state index in [-0.39, 0.29) is 48.5 Å². The van der Waals surface area contributed by atoms with Gasteiger partial charge in [-0.3, -0.25) is 19.7 Å². The summed E-state index contributed by atoms with van der Waals surface area (Å²) in [6.45, 7) is 4.17. The maximum absolute atomic E-state index is 13.9. The molecule has 0 amide bonds. The number of ether oxygens (including phenoxy) is 3. The molecule has 2 aliphatic heterocycles. The molecule has 3 aromatic rings. The van der Waals surface area contributed by atoms with Crippen LogP contribution in [0.1, 0.15) is 41.4 Å². The second-order valence-corrected chi connectivity index (χ2v) is 10.4. The second-order valence-electron chi connectivity index (χ2n) is 10.4. The Kier molecular flexibility index (Phi) is 7.01. The van der Waals surface area contributed by atoms with Gasteiger partial charge in [-0.15, -0.1) is 0 Å². The smallest absolute Gasteiger partial charge is 0.315 e. The van der Waals surface area contributed by atoms with Crippen LogP contribution in [0.15, 0.2) is 96.3 Å². The van der Waals surface area contributed by atoms with E-state index in [1.54, 1.807) is 0 Å². The van der Waals surface area contributed by atoms with E-state index in [4.69, 9.17) is 14.2 Å². The van der Waals surface area contributed by atoms with Crippen LogP contribution in [0.25, 0.3) is 0 Å². The highest BCUT2D eigenvalue weighted by molar-refractivity contribution is 6.01. The lowest BCUT2D eigenvalue weighted by Gasteiger charge is -2.39. The molecule has 0 bridgehead atoms. The largest absolute Gasteiger partial charge is 0.465 e. The standard InChI is InChI=1S/C32H28N2O7/c1-19-29(32(36)39-13-12-20-8-4-2-5-9-20)30(23-16-27-28(41-18-40-27)17-25(23)34(37)38)31-24(33-19)14-22(15-26(31)35)21-10-6-3-7-11-21/h2-11,16-17,22,29-30,33H,1,12-15,18H2. The predicted molar refractivity (Wildman–Crippen MR) is 149 cm³/mol. The van der Waals surface area contributed by atoms with Crippen molar-refractivity contribution in [1.82, 2.24) is 5.32 Å². The third-order valence-corrected chi connectivity index (χ3v) is 7.90. The van der Waals surface area contributed by atoms with Crippen LogP contribution in [0.4, 0.5) is 5.69 Å². The van der Waals surface area contributed by atoms with E-state index in [2.05, 4.69) is 11.9 Å². The molecule has 3 aromatic carbocycles. The molecule has 0 saturated carbocycles. The summed E-state index contributed by atoms with van der Waals surface area (Å²) >= 11 is 0. The monoisotopic (exact) mass is 552 g/mol. The lowest BCUT2D eigenvalue weighted by Crippen LogP contribution is -2.42. The fourth-order valence-corrected chi connectivity index (χ4v) is 5.98. The zero-order valence-corrected chi connectivity index (χ0v) is 22.2. The molecule has 0 aromatic heterocycles. The Hall–Kier alpha value is -4.92. The molecule has 0 radical (unpaired) electrons. The minimum Gasteiger partial charge on any atom is -0.465 e. The number of rotatable bonds is 7. The van der Waals surface area contributed by atoms with Crippen LogP contribution < -0.4 is 14.8 Å². The van der Waals surface area contributed by atoms with E-state index in [1.807, 2.05) is 60.7 Å². The first-order valence-electron chi connectivity index (χ1n) is 13.5. The fraction of sp³-hybridized carbons (Fsp3) is 0.250. The van der Waals surface area contributed by atoms with Gasteiger partial charge in [0.1, 0.15) is 5.92 Å². The summed E-state index contributed by atoms with van der Waals surface area (Å²) in [6, 6.07) is 22.1. The minimum absolute atomic E-state index is 0.0779. The highest BCUT2D eigenvalue weighted by atomic mass is 16.7. The Morgan fingerprint density at radius 3 is 2.41 bits per heavy atom. The van der Waals surface area contributed by atoms with E-state index in [0.717, 1.165) is 11.1 Å². The third-order valence-electron chi connectivity index (χ3n) is 7.90. The van der Waals surface area contributed by atoms with Gasteiger partial charge >= 0.3 is 5.97 Å². The predicted octanol–water partition coefficient (Wildman–Crippen LogP) is 5.33. The molecule has 3 unspecified atom stereocenters. The number of carbonyl (C=O) groups is 2. The zero-order valence-electron chi connectivity index (χ0n) is 22.2. The highest BCUT2D eigenvalue weighted by Crippen LogP contribution is 2.51. The van der Waals surface area contributed by atoms with Gasteiger partial charge in [0.15, 0.2) is 17.3 Å². The number of Topliss-reactive ketones (excluding diaryl/α,β-unsaturated/α-hetero) is 1. The first-order chi connectivity index (χ1) is 19.9. The number of benzene rings is 3. The van der Waals surface area contributed by atoms with Gasteiger partial charge in [0.25, 0.3) is 5.69 Å². The molecular formula is C32H28N2O7. The number of nitro benzene ring substituents is 1. The van der Waals surface area contributed by atoms with Crippen molar-refractivity contribution < 1.29 is 28.7 Å². The summed E-state index contributed by atoms with van der Waals surface area (Å²) in [5.41, 5.74) is 3.23. The van der Waals surface area contributed by atoms with Crippen LogP contribution in [-0.4, -0.2) is 30.1 Å². The lowest BCUT2D eigenvalue weighted by molar-refractivity contribution is -0.385. The second kappa shape index (κ2) is 10.9. The molecular weight excluding hydrogens is 524 g/mol. The molecule has 2 heterocycles. The number of esters is 1. The van der Waals surface area contributed by atoms with Crippen molar-refractivity contribution >= 4 is 17.4 Å². The number of nitro groups is 1. The topological polar surface area (TPSA) is 117 Å². The molecule has 9 heteroatoms. The number of carbonyl (C=O) groups excluding carboxylic acids is 2. The molecule has 1 aliphatic carbocycles. The maximum atomic E-state index is 13.9. The van der Waals surface area contributed by atoms with Gasteiger partial charge in [0.2, 0.25) is 6.79 Å². The van der Waals surface area contributed by atoms with Crippen LogP contribution >= 0.6 is 0 Å². The zero-order chi connectivity index (χ0) is 28.5. The Balaban J connectivity index is 1.41. The molecule has 9 nitrogen and oxygen atoms in total. The summed E-state index contributed by atoms with van der Waals surface area (Å²) in [4.78, 5) is 39.3. The molecule has 208 valence electrons. The fourth-order valence-electron chi connectivity index (χ4n) is 5.98. The Morgan fingerprint density at radius 2 is 1.71 bits per heavy atom. The van der Waals surface area contributed by atoms with Gasteiger partial charge in [0, 0.05) is 41.3 Å². The number of ketones is 1. The summed E-state index contributed by atoms with van der Waals surface area (Å²) in [6.07, 6.45) is 1.20. The van der Waals surface area contributed by atoms with Crippen LogP contribution in [0.5, 0.6) is 11.5 Å².